The van der Waals surface area contributed by atoms with Crippen LogP contribution in [0, 0.1) is 5.92 Å². The highest BCUT2D eigenvalue weighted by atomic mass is 16.4. The number of carboxylic acids is 1. The predicted molar refractivity (Wildman–Crippen MR) is 76.7 cm³/mol. The standard InChI is InChI=1S/C13H17N5O3/c1-7(5-9(19)20)3-2-4-8-6-15-11-10(16-8)12(21)18-13(14)17-11/h6-7H,2-5H2,1H3,(H,19,20)(H3,14,15,17,18,21). The van der Waals surface area contributed by atoms with E-state index >= 15 is 0 Å². The molecular formula is C13H17N5O3. The third kappa shape index (κ3) is 3.98. The number of hydrogen-bond acceptors (Lipinski definition) is 6. The Labute approximate surface area is 120 Å². The first-order valence-electron chi connectivity index (χ1n) is 6.69. The molecule has 2 rings (SSSR count). The molecule has 2 heterocycles. The molecule has 0 aromatic carbocycles. The Kier molecular flexibility index (Phi) is 4.46. The maximum atomic E-state index is 11.7. The molecule has 1 unspecified atom stereocenters. The average Bonchev–Trinajstić information content (AvgIpc) is 2.38. The number of aryl methyl sites for hydroxylation is 1. The molecule has 4 N–H and O–H groups in total. The molecule has 0 spiro atoms. The van der Waals surface area contributed by atoms with Gasteiger partial charge in [0.1, 0.15) is 0 Å². The van der Waals surface area contributed by atoms with Crippen molar-refractivity contribution in [1.82, 2.24) is 19.9 Å². The number of nitrogens with zero attached hydrogens (tertiary/aromatic N) is 3. The number of aromatic nitrogens is 4. The largest absolute Gasteiger partial charge is 0.481 e. The van der Waals surface area contributed by atoms with Crippen molar-refractivity contribution < 1.29 is 9.90 Å². The highest BCUT2D eigenvalue weighted by Crippen LogP contribution is 2.13. The van der Waals surface area contributed by atoms with Crippen LogP contribution < -0.4 is 11.3 Å². The van der Waals surface area contributed by atoms with Gasteiger partial charge in [-0.1, -0.05) is 6.92 Å². The fourth-order valence-electron chi connectivity index (χ4n) is 2.12. The second kappa shape index (κ2) is 6.29. The van der Waals surface area contributed by atoms with Gasteiger partial charge >= 0.3 is 5.97 Å². The lowest BCUT2D eigenvalue weighted by molar-refractivity contribution is -0.138. The molecular weight excluding hydrogens is 274 g/mol. The van der Waals surface area contributed by atoms with Crippen molar-refractivity contribution in [3.8, 4) is 0 Å². The van der Waals surface area contributed by atoms with Crippen LogP contribution >= 0.6 is 0 Å². The van der Waals surface area contributed by atoms with Gasteiger partial charge in [-0.15, -0.1) is 0 Å². The lowest BCUT2D eigenvalue weighted by atomic mass is 10.00. The topological polar surface area (TPSA) is 135 Å². The monoisotopic (exact) mass is 291 g/mol. The van der Waals surface area contributed by atoms with Gasteiger partial charge in [0.2, 0.25) is 5.95 Å². The van der Waals surface area contributed by atoms with Crippen LogP contribution in [0.5, 0.6) is 0 Å². The number of carboxylic acid groups (broad SMARTS) is 1. The van der Waals surface area contributed by atoms with Gasteiger partial charge in [-0.05, 0) is 25.2 Å². The highest BCUT2D eigenvalue weighted by molar-refractivity contribution is 5.69. The zero-order valence-corrected chi connectivity index (χ0v) is 11.7. The van der Waals surface area contributed by atoms with Crippen LogP contribution in [0.25, 0.3) is 11.2 Å². The number of anilines is 1. The maximum absolute atomic E-state index is 11.7. The molecule has 0 amide bonds. The second-order valence-corrected chi connectivity index (χ2v) is 5.08. The van der Waals surface area contributed by atoms with Gasteiger partial charge in [-0.3, -0.25) is 14.6 Å². The van der Waals surface area contributed by atoms with Crippen molar-refractivity contribution in [2.24, 2.45) is 5.92 Å². The molecule has 0 aliphatic carbocycles. The summed E-state index contributed by atoms with van der Waals surface area (Å²) in [4.78, 5) is 36.9. The number of H-pyrrole nitrogens is 1. The summed E-state index contributed by atoms with van der Waals surface area (Å²) in [5.74, 6) is -0.666. The molecule has 0 saturated carbocycles. The van der Waals surface area contributed by atoms with E-state index in [0.717, 1.165) is 12.8 Å². The van der Waals surface area contributed by atoms with Crippen LogP contribution in [0.1, 0.15) is 31.9 Å². The van der Waals surface area contributed by atoms with E-state index in [2.05, 4.69) is 19.9 Å². The number of nitrogen functional groups attached to an aromatic ring is 1. The zero-order chi connectivity index (χ0) is 15.4. The molecule has 1 atom stereocenters. The third-order valence-electron chi connectivity index (χ3n) is 3.14. The predicted octanol–water partition coefficient (Wildman–Crippen LogP) is 0.729. The van der Waals surface area contributed by atoms with E-state index < -0.39 is 11.5 Å². The van der Waals surface area contributed by atoms with Gasteiger partial charge in [0.05, 0.1) is 11.9 Å². The molecule has 112 valence electrons. The Morgan fingerprint density at radius 2 is 2.24 bits per heavy atom. The quantitative estimate of drug-likeness (QED) is 0.713. The van der Waals surface area contributed by atoms with Crippen molar-refractivity contribution in [3.63, 3.8) is 0 Å². The van der Waals surface area contributed by atoms with Crippen LogP contribution in [0.4, 0.5) is 5.95 Å². The van der Waals surface area contributed by atoms with Gasteiger partial charge in [0.25, 0.3) is 5.56 Å². The molecule has 8 heteroatoms. The summed E-state index contributed by atoms with van der Waals surface area (Å²) in [5, 5.41) is 8.69. The number of aliphatic carboxylic acids is 1. The van der Waals surface area contributed by atoms with Crippen LogP contribution in [0.2, 0.25) is 0 Å². The van der Waals surface area contributed by atoms with E-state index in [1.165, 1.54) is 0 Å². The van der Waals surface area contributed by atoms with Crippen LogP contribution in [0.3, 0.4) is 0 Å². The fraction of sp³-hybridized carbons (Fsp3) is 0.462. The summed E-state index contributed by atoms with van der Waals surface area (Å²) in [7, 11) is 0. The number of nitrogens with one attached hydrogen (secondary N) is 1. The molecule has 21 heavy (non-hydrogen) atoms. The van der Waals surface area contributed by atoms with Crippen LogP contribution in [-0.4, -0.2) is 31.0 Å². The van der Waals surface area contributed by atoms with Gasteiger partial charge < -0.3 is 10.8 Å². The lowest BCUT2D eigenvalue weighted by Gasteiger charge is -2.07. The minimum Gasteiger partial charge on any atom is -0.481 e. The smallest absolute Gasteiger partial charge is 0.303 e. The molecule has 0 saturated heterocycles. The van der Waals surface area contributed by atoms with Gasteiger partial charge in [0, 0.05) is 6.42 Å². The number of aromatic amines is 1. The zero-order valence-electron chi connectivity index (χ0n) is 11.7. The van der Waals surface area contributed by atoms with E-state index in [-0.39, 0.29) is 29.5 Å². The van der Waals surface area contributed by atoms with E-state index in [4.69, 9.17) is 10.8 Å². The average molecular weight is 291 g/mol. The van der Waals surface area contributed by atoms with Crippen molar-refractivity contribution in [2.45, 2.75) is 32.6 Å². The Morgan fingerprint density at radius 3 is 2.95 bits per heavy atom. The summed E-state index contributed by atoms with van der Waals surface area (Å²) in [6.45, 7) is 1.90. The summed E-state index contributed by atoms with van der Waals surface area (Å²) in [6, 6.07) is 0. The van der Waals surface area contributed by atoms with Crippen molar-refractivity contribution in [2.75, 3.05) is 5.73 Å². The molecule has 2 aromatic heterocycles. The van der Waals surface area contributed by atoms with Gasteiger partial charge in [-0.25, -0.2) is 9.97 Å². The number of carbonyl (C=O) groups is 1. The maximum Gasteiger partial charge on any atom is 0.303 e. The molecule has 0 aliphatic heterocycles. The molecule has 0 fully saturated rings. The first-order valence-corrected chi connectivity index (χ1v) is 6.69. The molecule has 8 nitrogen and oxygen atoms in total. The molecule has 0 aliphatic rings. The molecule has 0 bridgehead atoms. The number of nitrogens with two attached hydrogens (primary N) is 1. The normalized spacial score (nSPS) is 12.4. The van der Waals surface area contributed by atoms with Crippen LogP contribution in [0.15, 0.2) is 11.0 Å². The molecule has 0 radical (unpaired) electrons. The number of fused-ring (bicyclic) bond motifs is 1. The Bertz CT molecular complexity index is 713. The van der Waals surface area contributed by atoms with E-state index in [1.54, 1.807) is 6.20 Å². The third-order valence-corrected chi connectivity index (χ3v) is 3.14. The molecule has 2 aromatic rings. The Balaban J connectivity index is 2.03. The summed E-state index contributed by atoms with van der Waals surface area (Å²) < 4.78 is 0. The van der Waals surface area contributed by atoms with E-state index in [9.17, 15) is 9.59 Å². The minimum absolute atomic E-state index is 0.0112. The Hall–Kier alpha value is -2.51. The van der Waals surface area contributed by atoms with Crippen molar-refractivity contribution in [1.29, 1.82) is 0 Å². The first kappa shape index (κ1) is 14.9. The fourth-order valence-corrected chi connectivity index (χ4v) is 2.12. The summed E-state index contributed by atoms with van der Waals surface area (Å²) in [5.41, 5.74) is 6.09. The van der Waals surface area contributed by atoms with Crippen molar-refractivity contribution >= 4 is 23.1 Å². The first-order chi connectivity index (χ1) is 9.95. The lowest BCUT2D eigenvalue weighted by Crippen LogP contribution is -2.14. The SMILES string of the molecule is CC(CCCc1cnc2nc(N)[nH]c(=O)c2n1)CC(=O)O. The van der Waals surface area contributed by atoms with E-state index in [0.29, 0.717) is 12.1 Å². The van der Waals surface area contributed by atoms with Crippen LogP contribution in [-0.2, 0) is 11.2 Å². The summed E-state index contributed by atoms with van der Waals surface area (Å²) in [6.07, 6.45) is 3.93. The minimum atomic E-state index is -0.789. The number of rotatable bonds is 6. The summed E-state index contributed by atoms with van der Waals surface area (Å²) >= 11 is 0. The van der Waals surface area contributed by atoms with Gasteiger partial charge in [0.15, 0.2) is 11.2 Å². The number of hydrogen-bond donors (Lipinski definition) is 3. The highest BCUT2D eigenvalue weighted by Gasteiger charge is 2.09. The van der Waals surface area contributed by atoms with E-state index in [1.807, 2.05) is 6.92 Å². The second-order valence-electron chi connectivity index (χ2n) is 5.08. The van der Waals surface area contributed by atoms with Crippen molar-refractivity contribution in [3.05, 3.63) is 22.2 Å². The van der Waals surface area contributed by atoms with Gasteiger partial charge in [-0.2, -0.15) is 4.98 Å². The Morgan fingerprint density at radius 1 is 1.48 bits per heavy atom.